The van der Waals surface area contributed by atoms with Crippen LogP contribution in [0.2, 0.25) is 0 Å². The minimum Gasteiger partial charge on any atom is -0.462 e. The maximum absolute atomic E-state index is 12.2. The molecule has 0 aliphatic carbocycles. The maximum Gasteiger partial charge on any atom is 0.342 e. The molecule has 0 saturated heterocycles. The maximum atomic E-state index is 12.2. The summed E-state index contributed by atoms with van der Waals surface area (Å²) in [6.07, 6.45) is 1.50. The van der Waals surface area contributed by atoms with Crippen LogP contribution in [0.3, 0.4) is 0 Å². The molecule has 0 fully saturated rings. The first-order valence-electron chi connectivity index (χ1n) is 7.67. The fraction of sp³-hybridized carbons (Fsp3) is 0.100. The number of carbonyl (C=O) groups excluding carboxylic acids is 1. The van der Waals surface area contributed by atoms with E-state index < -0.39 is 5.97 Å². The molecule has 0 aliphatic heterocycles. The third-order valence-corrected chi connectivity index (χ3v) is 3.36. The minimum absolute atomic E-state index is 0.306. The van der Waals surface area contributed by atoms with Crippen LogP contribution in [-0.2, 0) is 4.74 Å². The van der Waals surface area contributed by atoms with Crippen LogP contribution in [-0.4, -0.2) is 22.4 Å². The molecule has 2 aromatic carbocycles. The average Bonchev–Trinajstić information content (AvgIpc) is 3.06. The standard InChI is InChI=1S/C20H16N2O2/c1-2-24-20(23)18-15-21-22(17-11-7-4-8-12-17)19(18)14-13-16-9-5-3-6-10-16/h3-12,15H,2H2,1H3. The molecule has 0 radical (unpaired) electrons. The van der Waals surface area contributed by atoms with Gasteiger partial charge in [0.25, 0.3) is 0 Å². The van der Waals surface area contributed by atoms with E-state index in [4.69, 9.17) is 4.74 Å². The van der Waals surface area contributed by atoms with Gasteiger partial charge in [-0.3, -0.25) is 0 Å². The predicted octanol–water partition coefficient (Wildman–Crippen LogP) is 3.45. The SMILES string of the molecule is CCOC(=O)c1cnn(-c2ccccc2)c1C#Cc1ccccc1. The average molecular weight is 316 g/mol. The molecule has 0 saturated carbocycles. The molecule has 118 valence electrons. The van der Waals surface area contributed by atoms with E-state index in [1.54, 1.807) is 11.6 Å². The normalized spacial score (nSPS) is 9.88. The van der Waals surface area contributed by atoms with Gasteiger partial charge in [-0.2, -0.15) is 5.10 Å². The molecule has 4 nitrogen and oxygen atoms in total. The molecule has 0 unspecified atom stereocenters. The largest absolute Gasteiger partial charge is 0.462 e. The Morgan fingerprint density at radius 2 is 1.71 bits per heavy atom. The number of ether oxygens (including phenoxy) is 1. The van der Waals surface area contributed by atoms with Crippen molar-refractivity contribution in [2.75, 3.05) is 6.61 Å². The molecule has 0 aliphatic rings. The quantitative estimate of drug-likeness (QED) is 0.549. The monoisotopic (exact) mass is 316 g/mol. The Morgan fingerprint density at radius 1 is 1.04 bits per heavy atom. The number of hydrogen-bond donors (Lipinski definition) is 0. The second kappa shape index (κ2) is 7.30. The zero-order chi connectivity index (χ0) is 16.8. The van der Waals surface area contributed by atoms with Crippen LogP contribution in [0, 0.1) is 11.8 Å². The lowest BCUT2D eigenvalue weighted by Gasteiger charge is -2.04. The Balaban J connectivity index is 2.08. The number of rotatable bonds is 3. The van der Waals surface area contributed by atoms with Crippen molar-refractivity contribution in [3.63, 3.8) is 0 Å². The summed E-state index contributed by atoms with van der Waals surface area (Å²) in [6, 6.07) is 19.2. The van der Waals surface area contributed by atoms with Crippen LogP contribution in [0.5, 0.6) is 0 Å². The highest BCUT2D eigenvalue weighted by molar-refractivity contribution is 5.91. The van der Waals surface area contributed by atoms with Crippen molar-refractivity contribution in [3.05, 3.63) is 83.7 Å². The summed E-state index contributed by atoms with van der Waals surface area (Å²) in [7, 11) is 0. The van der Waals surface area contributed by atoms with Crippen LogP contribution in [0.25, 0.3) is 5.69 Å². The van der Waals surface area contributed by atoms with Gasteiger partial charge in [-0.1, -0.05) is 42.3 Å². The summed E-state index contributed by atoms with van der Waals surface area (Å²) in [6.45, 7) is 2.08. The first-order valence-corrected chi connectivity index (χ1v) is 7.67. The van der Waals surface area contributed by atoms with Crippen molar-refractivity contribution in [1.29, 1.82) is 0 Å². The van der Waals surface area contributed by atoms with E-state index >= 15 is 0 Å². The van der Waals surface area contributed by atoms with Crippen molar-refractivity contribution in [3.8, 4) is 17.5 Å². The Bertz CT molecular complexity index is 888. The number of nitrogens with zero attached hydrogens (tertiary/aromatic N) is 2. The third-order valence-electron chi connectivity index (χ3n) is 3.36. The van der Waals surface area contributed by atoms with Gasteiger partial charge in [0.15, 0.2) is 0 Å². The molecular weight excluding hydrogens is 300 g/mol. The number of esters is 1. The van der Waals surface area contributed by atoms with E-state index in [9.17, 15) is 4.79 Å². The van der Waals surface area contributed by atoms with Gasteiger partial charge in [0.2, 0.25) is 0 Å². The number of benzene rings is 2. The van der Waals surface area contributed by atoms with Gasteiger partial charge in [-0.15, -0.1) is 0 Å². The molecule has 4 heteroatoms. The van der Waals surface area contributed by atoms with Gasteiger partial charge in [-0.25, -0.2) is 9.48 Å². The summed E-state index contributed by atoms with van der Waals surface area (Å²) < 4.78 is 6.76. The van der Waals surface area contributed by atoms with Crippen LogP contribution in [0.1, 0.15) is 28.5 Å². The summed E-state index contributed by atoms with van der Waals surface area (Å²) in [5.41, 5.74) is 2.59. The van der Waals surface area contributed by atoms with Gasteiger partial charge < -0.3 is 4.74 Å². The van der Waals surface area contributed by atoms with Crippen molar-refractivity contribution < 1.29 is 9.53 Å². The van der Waals surface area contributed by atoms with Crippen molar-refractivity contribution in [1.82, 2.24) is 9.78 Å². The fourth-order valence-corrected chi connectivity index (χ4v) is 2.24. The number of hydrogen-bond acceptors (Lipinski definition) is 3. The van der Waals surface area contributed by atoms with E-state index in [2.05, 4.69) is 16.9 Å². The molecule has 0 N–H and O–H groups in total. The molecular formula is C20H16N2O2. The number of para-hydroxylation sites is 1. The molecule has 0 atom stereocenters. The lowest BCUT2D eigenvalue weighted by molar-refractivity contribution is 0.0526. The Labute approximate surface area is 140 Å². The van der Waals surface area contributed by atoms with Gasteiger partial charge in [0, 0.05) is 5.56 Å². The number of carbonyl (C=O) groups is 1. The molecule has 1 heterocycles. The summed E-state index contributed by atoms with van der Waals surface area (Å²) in [5, 5.41) is 4.32. The second-order valence-corrected chi connectivity index (χ2v) is 4.99. The molecule has 3 aromatic rings. The zero-order valence-electron chi connectivity index (χ0n) is 13.3. The van der Waals surface area contributed by atoms with E-state index in [0.717, 1.165) is 11.3 Å². The zero-order valence-corrected chi connectivity index (χ0v) is 13.3. The van der Waals surface area contributed by atoms with Gasteiger partial charge >= 0.3 is 5.97 Å². The van der Waals surface area contributed by atoms with E-state index in [1.807, 2.05) is 60.7 Å². The minimum atomic E-state index is -0.419. The Morgan fingerprint density at radius 3 is 2.38 bits per heavy atom. The molecule has 0 amide bonds. The molecule has 3 rings (SSSR count). The van der Waals surface area contributed by atoms with Gasteiger partial charge in [-0.05, 0) is 37.1 Å². The molecule has 0 spiro atoms. The topological polar surface area (TPSA) is 44.1 Å². The molecule has 1 aromatic heterocycles. The summed E-state index contributed by atoms with van der Waals surface area (Å²) >= 11 is 0. The van der Waals surface area contributed by atoms with Crippen LogP contribution in [0.15, 0.2) is 66.9 Å². The number of aromatic nitrogens is 2. The van der Waals surface area contributed by atoms with E-state index in [0.29, 0.717) is 17.9 Å². The van der Waals surface area contributed by atoms with Crippen LogP contribution in [0.4, 0.5) is 0 Å². The lowest BCUT2D eigenvalue weighted by atomic mass is 10.2. The highest BCUT2D eigenvalue weighted by Crippen LogP contribution is 2.15. The fourth-order valence-electron chi connectivity index (χ4n) is 2.24. The Kier molecular flexibility index (Phi) is 4.73. The van der Waals surface area contributed by atoms with Crippen LogP contribution < -0.4 is 0 Å². The van der Waals surface area contributed by atoms with Crippen molar-refractivity contribution in [2.45, 2.75) is 6.92 Å². The Hall–Kier alpha value is -3.32. The smallest absolute Gasteiger partial charge is 0.342 e. The third kappa shape index (κ3) is 3.36. The second-order valence-electron chi connectivity index (χ2n) is 4.99. The lowest BCUT2D eigenvalue weighted by Crippen LogP contribution is -2.07. The predicted molar refractivity (Wildman–Crippen MR) is 91.9 cm³/mol. The molecule has 24 heavy (non-hydrogen) atoms. The summed E-state index contributed by atoms with van der Waals surface area (Å²) in [4.78, 5) is 12.2. The first kappa shape index (κ1) is 15.6. The first-order chi connectivity index (χ1) is 11.8. The van der Waals surface area contributed by atoms with E-state index in [-0.39, 0.29) is 0 Å². The van der Waals surface area contributed by atoms with Crippen molar-refractivity contribution >= 4 is 5.97 Å². The molecule has 0 bridgehead atoms. The highest BCUT2D eigenvalue weighted by Gasteiger charge is 2.18. The van der Waals surface area contributed by atoms with E-state index in [1.165, 1.54) is 6.20 Å². The van der Waals surface area contributed by atoms with Gasteiger partial charge in [0.05, 0.1) is 18.5 Å². The van der Waals surface area contributed by atoms with Gasteiger partial charge in [0.1, 0.15) is 11.3 Å². The van der Waals surface area contributed by atoms with Crippen LogP contribution >= 0.6 is 0 Å². The summed E-state index contributed by atoms with van der Waals surface area (Å²) in [5.74, 6) is 5.72. The van der Waals surface area contributed by atoms with Crippen molar-refractivity contribution in [2.24, 2.45) is 0 Å². The highest BCUT2D eigenvalue weighted by atomic mass is 16.5.